The second-order valence-corrected chi connectivity index (χ2v) is 3.60. The van der Waals surface area contributed by atoms with Crippen LogP contribution in [0.1, 0.15) is 23.2 Å². The number of nitrogen functional groups attached to an aromatic ring is 1. The number of nitrogens with zero attached hydrogens (tertiary/aromatic N) is 2. The van der Waals surface area contributed by atoms with Crippen LogP contribution in [0.2, 0.25) is 0 Å². The van der Waals surface area contributed by atoms with E-state index in [0.29, 0.717) is 12.0 Å². The van der Waals surface area contributed by atoms with Gasteiger partial charge in [0.05, 0.1) is 0 Å². The second kappa shape index (κ2) is 6.30. The van der Waals surface area contributed by atoms with Gasteiger partial charge in [0, 0.05) is 18.2 Å². The lowest BCUT2D eigenvalue weighted by atomic mass is 10.1. The molecule has 0 unspecified atom stereocenters. The molecule has 2 N–H and O–H groups in total. The number of hydrogen-bond acceptors (Lipinski definition) is 3. The predicted octanol–water partition coefficient (Wildman–Crippen LogP) is 2.70. The Hall–Kier alpha value is -1.69. The third kappa shape index (κ3) is 3.40. The van der Waals surface area contributed by atoms with E-state index in [0.717, 1.165) is 5.56 Å². The quantitative estimate of drug-likeness (QED) is 0.932. The van der Waals surface area contributed by atoms with Crippen molar-refractivity contribution in [2.75, 3.05) is 5.73 Å². The summed E-state index contributed by atoms with van der Waals surface area (Å²) in [5.41, 5.74) is 6.35. The molecule has 0 amide bonds. The van der Waals surface area contributed by atoms with Crippen molar-refractivity contribution < 1.29 is 8.78 Å². The van der Waals surface area contributed by atoms with Crippen molar-refractivity contribution >= 4 is 19.4 Å². The van der Waals surface area contributed by atoms with Gasteiger partial charge in [0.15, 0.2) is 0 Å². The average Bonchev–Trinajstić information content (AvgIpc) is 2.32. The molecule has 0 radical (unpaired) electrons. The van der Waals surface area contributed by atoms with Crippen LogP contribution in [-0.2, 0) is 6.42 Å². The van der Waals surface area contributed by atoms with Crippen LogP contribution in [0.15, 0.2) is 36.5 Å². The molecule has 2 rings (SSSR count). The fourth-order valence-electron chi connectivity index (χ4n) is 1.58. The van der Waals surface area contributed by atoms with Crippen LogP contribution in [0.3, 0.4) is 0 Å². The molecular formula is C12H13F2N3S. The van der Waals surface area contributed by atoms with Crippen LogP contribution in [0.4, 0.5) is 14.7 Å². The average molecular weight is 269 g/mol. The van der Waals surface area contributed by atoms with Crippen LogP contribution in [0.5, 0.6) is 0 Å². The van der Waals surface area contributed by atoms with E-state index in [1.807, 2.05) is 30.3 Å². The first kappa shape index (κ1) is 14.4. The monoisotopic (exact) mass is 269 g/mol. The number of anilines is 1. The molecule has 0 aliphatic heterocycles. The number of rotatable bonds is 3. The van der Waals surface area contributed by atoms with Crippen LogP contribution in [0.25, 0.3) is 0 Å². The highest BCUT2D eigenvalue weighted by molar-refractivity contribution is 7.59. The minimum atomic E-state index is -2.64. The summed E-state index contributed by atoms with van der Waals surface area (Å²) in [5, 5.41) is 0. The molecule has 0 saturated carbocycles. The zero-order valence-corrected chi connectivity index (χ0v) is 10.5. The Morgan fingerprint density at radius 1 is 1.17 bits per heavy atom. The maximum absolute atomic E-state index is 12.8. The number of benzene rings is 1. The van der Waals surface area contributed by atoms with Crippen LogP contribution >= 0.6 is 13.5 Å². The molecule has 0 spiro atoms. The molecule has 0 saturated heterocycles. The Balaban J connectivity index is 0.00000162. The van der Waals surface area contributed by atoms with Crippen molar-refractivity contribution in [3.05, 3.63) is 53.3 Å². The maximum Gasteiger partial charge on any atom is 0.280 e. The summed E-state index contributed by atoms with van der Waals surface area (Å²) < 4.78 is 25.5. The fourth-order valence-corrected chi connectivity index (χ4v) is 1.58. The van der Waals surface area contributed by atoms with E-state index in [1.54, 1.807) is 0 Å². The molecular weight excluding hydrogens is 256 g/mol. The summed E-state index contributed by atoms with van der Waals surface area (Å²) in [7, 11) is 0. The van der Waals surface area contributed by atoms with Gasteiger partial charge in [-0.3, -0.25) is 0 Å². The molecule has 0 aliphatic carbocycles. The van der Waals surface area contributed by atoms with Gasteiger partial charge in [0.25, 0.3) is 6.43 Å². The van der Waals surface area contributed by atoms with Gasteiger partial charge in [-0.1, -0.05) is 30.3 Å². The van der Waals surface area contributed by atoms with Crippen molar-refractivity contribution in [3.63, 3.8) is 0 Å². The molecule has 6 heteroatoms. The Bertz CT molecular complexity index is 506. The van der Waals surface area contributed by atoms with Gasteiger partial charge < -0.3 is 5.73 Å². The highest BCUT2D eigenvalue weighted by atomic mass is 32.1. The number of alkyl halides is 2. The molecule has 0 aliphatic rings. The largest absolute Gasteiger partial charge is 0.368 e. The van der Waals surface area contributed by atoms with E-state index < -0.39 is 6.43 Å². The number of nitrogens with two attached hydrogens (primary N) is 1. The topological polar surface area (TPSA) is 51.8 Å². The molecule has 2 aromatic rings. The van der Waals surface area contributed by atoms with E-state index >= 15 is 0 Å². The summed E-state index contributed by atoms with van der Waals surface area (Å²) in [6.07, 6.45) is -0.906. The van der Waals surface area contributed by atoms with Crippen molar-refractivity contribution in [1.29, 1.82) is 0 Å². The number of aromatic nitrogens is 2. The molecule has 1 aromatic carbocycles. The lowest BCUT2D eigenvalue weighted by Crippen LogP contribution is -2.05. The van der Waals surface area contributed by atoms with Gasteiger partial charge in [-0.25, -0.2) is 18.7 Å². The zero-order chi connectivity index (χ0) is 12.3. The SMILES string of the molecule is Nc1ncc(Cc2ccccc2)c(C(F)F)n1.S. The van der Waals surface area contributed by atoms with Gasteiger partial charge in [-0.15, -0.1) is 0 Å². The van der Waals surface area contributed by atoms with Crippen LogP contribution in [0, 0.1) is 0 Å². The van der Waals surface area contributed by atoms with E-state index in [9.17, 15) is 8.78 Å². The highest BCUT2D eigenvalue weighted by Crippen LogP contribution is 2.22. The molecule has 0 fully saturated rings. The summed E-state index contributed by atoms with van der Waals surface area (Å²) in [4.78, 5) is 7.34. The van der Waals surface area contributed by atoms with Crippen molar-refractivity contribution in [2.24, 2.45) is 0 Å². The van der Waals surface area contributed by atoms with Gasteiger partial charge >= 0.3 is 0 Å². The molecule has 0 atom stereocenters. The first-order chi connectivity index (χ1) is 8.16. The van der Waals surface area contributed by atoms with Gasteiger partial charge in [0.1, 0.15) is 5.69 Å². The van der Waals surface area contributed by atoms with Gasteiger partial charge in [-0.2, -0.15) is 13.5 Å². The maximum atomic E-state index is 12.8. The van der Waals surface area contributed by atoms with E-state index in [-0.39, 0.29) is 25.1 Å². The molecule has 1 aromatic heterocycles. The summed E-state index contributed by atoms with van der Waals surface area (Å²) >= 11 is 0. The van der Waals surface area contributed by atoms with Crippen LogP contribution in [-0.4, -0.2) is 9.97 Å². The lowest BCUT2D eigenvalue weighted by molar-refractivity contribution is 0.145. The first-order valence-corrected chi connectivity index (χ1v) is 5.10. The van der Waals surface area contributed by atoms with Gasteiger partial charge in [0.2, 0.25) is 5.95 Å². The molecule has 18 heavy (non-hydrogen) atoms. The van der Waals surface area contributed by atoms with Crippen molar-refractivity contribution in [1.82, 2.24) is 9.97 Å². The highest BCUT2D eigenvalue weighted by Gasteiger charge is 2.16. The Morgan fingerprint density at radius 2 is 1.83 bits per heavy atom. The van der Waals surface area contributed by atoms with Crippen LogP contribution < -0.4 is 5.73 Å². The Kier molecular flexibility index (Phi) is 5.03. The third-order valence-corrected chi connectivity index (χ3v) is 2.36. The summed E-state index contributed by atoms with van der Waals surface area (Å²) in [5.74, 6) is -0.128. The standard InChI is InChI=1S/C12H11F2N3.H2S/c13-11(14)10-9(7-16-12(15)17-10)6-8-4-2-1-3-5-8;/h1-5,7,11H,6H2,(H2,15,16,17);1H2. The van der Waals surface area contributed by atoms with E-state index in [2.05, 4.69) is 9.97 Å². The van der Waals surface area contributed by atoms with Crippen molar-refractivity contribution in [2.45, 2.75) is 12.8 Å². The zero-order valence-electron chi connectivity index (χ0n) is 9.48. The van der Waals surface area contributed by atoms with E-state index in [4.69, 9.17) is 5.73 Å². The molecule has 0 bridgehead atoms. The molecule has 3 nitrogen and oxygen atoms in total. The predicted molar refractivity (Wildman–Crippen MR) is 71.0 cm³/mol. The smallest absolute Gasteiger partial charge is 0.280 e. The minimum Gasteiger partial charge on any atom is -0.368 e. The number of hydrogen-bond donors (Lipinski definition) is 1. The fraction of sp³-hybridized carbons (Fsp3) is 0.167. The first-order valence-electron chi connectivity index (χ1n) is 5.10. The number of halogens is 2. The minimum absolute atomic E-state index is 0. The Morgan fingerprint density at radius 3 is 2.44 bits per heavy atom. The second-order valence-electron chi connectivity index (χ2n) is 3.60. The van der Waals surface area contributed by atoms with Gasteiger partial charge in [-0.05, 0) is 5.56 Å². The van der Waals surface area contributed by atoms with E-state index in [1.165, 1.54) is 6.20 Å². The van der Waals surface area contributed by atoms with Crippen molar-refractivity contribution in [3.8, 4) is 0 Å². The molecule has 1 heterocycles. The molecule has 96 valence electrons. The summed E-state index contributed by atoms with van der Waals surface area (Å²) in [6.45, 7) is 0. The normalized spacial score (nSPS) is 10.2. The Labute approximate surface area is 111 Å². The lowest BCUT2D eigenvalue weighted by Gasteiger charge is -2.08. The third-order valence-electron chi connectivity index (χ3n) is 2.36. The summed E-state index contributed by atoms with van der Waals surface area (Å²) in [6, 6.07) is 9.32.